The molecule has 6 heterocycles. The van der Waals surface area contributed by atoms with E-state index in [0.717, 1.165) is 33.6 Å². The first-order valence-corrected chi connectivity index (χ1v) is 11.6. The molecule has 0 fully saturated rings. The lowest BCUT2D eigenvalue weighted by Gasteiger charge is -2.27. The largest absolute Gasteiger partial charge is 0.346 e. The van der Waals surface area contributed by atoms with Gasteiger partial charge in [-0.3, -0.25) is 4.79 Å². The lowest BCUT2D eigenvalue weighted by Crippen LogP contribution is -2.34. The van der Waals surface area contributed by atoms with Crippen LogP contribution in [0.25, 0.3) is 38.3 Å². The van der Waals surface area contributed by atoms with Gasteiger partial charge in [0.1, 0.15) is 5.65 Å². The second-order valence-corrected chi connectivity index (χ2v) is 9.53. The van der Waals surface area contributed by atoms with Crippen molar-refractivity contribution in [1.29, 1.82) is 0 Å². The Bertz CT molecular complexity index is 1560. The van der Waals surface area contributed by atoms with E-state index in [1.54, 1.807) is 17.5 Å². The average Bonchev–Trinajstić information content (AvgIpc) is 3.57. The molecule has 0 saturated carbocycles. The molecule has 164 valence electrons. The number of fused-ring (bicyclic) bond motifs is 2. The zero-order chi connectivity index (χ0) is 22.5. The van der Waals surface area contributed by atoms with Gasteiger partial charge >= 0.3 is 0 Å². The molecular formula is C25H21N5O2S. The summed E-state index contributed by atoms with van der Waals surface area (Å²) in [7, 11) is 0. The van der Waals surface area contributed by atoms with Crippen molar-refractivity contribution < 1.29 is 9.32 Å². The van der Waals surface area contributed by atoms with Crippen molar-refractivity contribution in [3.8, 4) is 10.6 Å². The molecule has 5 aromatic rings. The van der Waals surface area contributed by atoms with Crippen molar-refractivity contribution in [2.24, 2.45) is 0 Å². The summed E-state index contributed by atoms with van der Waals surface area (Å²) in [5.74, 6) is -0.0286. The molecule has 1 amide bonds. The summed E-state index contributed by atoms with van der Waals surface area (Å²) in [5.41, 5.74) is 5.67. The van der Waals surface area contributed by atoms with Crippen molar-refractivity contribution in [2.45, 2.75) is 20.3 Å². The highest BCUT2D eigenvalue weighted by Gasteiger charge is 2.25. The van der Waals surface area contributed by atoms with Crippen molar-refractivity contribution in [1.82, 2.24) is 25.0 Å². The van der Waals surface area contributed by atoms with Gasteiger partial charge in [0.05, 0.1) is 27.2 Å². The molecule has 0 atom stereocenters. The van der Waals surface area contributed by atoms with Crippen molar-refractivity contribution in [3.05, 3.63) is 70.5 Å². The first kappa shape index (κ1) is 19.9. The van der Waals surface area contributed by atoms with Crippen molar-refractivity contribution in [3.63, 3.8) is 0 Å². The van der Waals surface area contributed by atoms with Crippen LogP contribution in [0.3, 0.4) is 0 Å². The molecule has 0 unspecified atom stereocenters. The van der Waals surface area contributed by atoms with E-state index in [4.69, 9.17) is 4.52 Å². The van der Waals surface area contributed by atoms with E-state index in [1.165, 1.54) is 10.5 Å². The number of hydrogen-bond donors (Lipinski definition) is 1. The maximum absolute atomic E-state index is 13.6. The van der Waals surface area contributed by atoms with Crippen LogP contribution in [-0.4, -0.2) is 44.0 Å². The standard InChI is InChI=1S/C25H21N5O2S/c1-14-5-6-21(33-14)20-12-18(22-15(2)29-32-24(22)28-20)25(31)30-10-7-16(8-11-30)19-13-27-23-17(19)4-3-9-26-23/h3-7,9,12-13H,8,10-11H2,1-2H3,(H,26,27). The van der Waals surface area contributed by atoms with Crippen LogP contribution in [-0.2, 0) is 0 Å². The van der Waals surface area contributed by atoms with Crippen LogP contribution < -0.4 is 0 Å². The Hall–Kier alpha value is -3.78. The average molecular weight is 456 g/mol. The van der Waals surface area contributed by atoms with Crippen LogP contribution in [0, 0.1) is 13.8 Å². The number of H-pyrrole nitrogens is 1. The van der Waals surface area contributed by atoms with Gasteiger partial charge in [-0.25, -0.2) is 9.97 Å². The molecule has 0 spiro atoms. The molecule has 0 radical (unpaired) electrons. The first-order chi connectivity index (χ1) is 16.1. The molecule has 1 aliphatic heterocycles. The fourth-order valence-electron chi connectivity index (χ4n) is 4.45. The normalized spacial score (nSPS) is 14.2. The fraction of sp³-hybridized carbons (Fsp3) is 0.200. The Balaban J connectivity index is 1.34. The summed E-state index contributed by atoms with van der Waals surface area (Å²) < 4.78 is 5.45. The predicted octanol–water partition coefficient (Wildman–Crippen LogP) is 5.37. The Kier molecular flexibility index (Phi) is 4.62. The van der Waals surface area contributed by atoms with Gasteiger partial charge in [-0.05, 0) is 56.2 Å². The zero-order valence-electron chi connectivity index (χ0n) is 18.3. The molecule has 5 aromatic heterocycles. The molecule has 0 bridgehead atoms. The number of nitrogens with one attached hydrogen (secondary N) is 1. The number of aromatic amines is 1. The number of amides is 1. The lowest BCUT2D eigenvalue weighted by molar-refractivity contribution is 0.0774. The van der Waals surface area contributed by atoms with Crippen LogP contribution in [0.15, 0.2) is 53.3 Å². The second kappa shape index (κ2) is 7.67. The van der Waals surface area contributed by atoms with Crippen LogP contribution in [0.5, 0.6) is 0 Å². The maximum atomic E-state index is 13.6. The van der Waals surface area contributed by atoms with E-state index in [2.05, 4.69) is 45.2 Å². The van der Waals surface area contributed by atoms with E-state index >= 15 is 0 Å². The van der Waals surface area contributed by atoms with Gasteiger partial charge in [-0.1, -0.05) is 11.2 Å². The number of nitrogens with zero attached hydrogens (tertiary/aromatic N) is 4. The summed E-state index contributed by atoms with van der Waals surface area (Å²) in [5, 5.41) is 5.87. The summed E-state index contributed by atoms with van der Waals surface area (Å²) in [4.78, 5) is 30.0. The number of carbonyl (C=O) groups is 1. The third-order valence-corrected chi connectivity index (χ3v) is 7.16. The van der Waals surface area contributed by atoms with Crippen LogP contribution in [0.4, 0.5) is 0 Å². The molecule has 1 N–H and O–H groups in total. The smallest absolute Gasteiger partial charge is 0.259 e. The fourth-order valence-corrected chi connectivity index (χ4v) is 5.28. The number of rotatable bonds is 3. The summed E-state index contributed by atoms with van der Waals surface area (Å²) >= 11 is 1.64. The molecule has 8 heteroatoms. The molecule has 0 aliphatic carbocycles. The van der Waals surface area contributed by atoms with Gasteiger partial charge in [-0.2, -0.15) is 0 Å². The van der Waals surface area contributed by atoms with Crippen molar-refractivity contribution >= 4 is 45.0 Å². The van der Waals surface area contributed by atoms with Crippen LogP contribution in [0.2, 0.25) is 0 Å². The minimum absolute atomic E-state index is 0.0286. The highest BCUT2D eigenvalue weighted by molar-refractivity contribution is 7.15. The van der Waals surface area contributed by atoms with Gasteiger partial charge < -0.3 is 14.4 Å². The van der Waals surface area contributed by atoms with Crippen LogP contribution in [0.1, 0.15) is 32.9 Å². The number of thiophene rings is 1. The lowest BCUT2D eigenvalue weighted by atomic mass is 9.98. The molecule has 6 rings (SSSR count). The Morgan fingerprint density at radius 1 is 1.24 bits per heavy atom. The number of aryl methyl sites for hydroxylation is 2. The van der Waals surface area contributed by atoms with E-state index in [0.29, 0.717) is 35.4 Å². The molecule has 0 aromatic carbocycles. The van der Waals surface area contributed by atoms with E-state index in [-0.39, 0.29) is 5.91 Å². The topological polar surface area (TPSA) is 87.9 Å². The second-order valence-electron chi connectivity index (χ2n) is 8.25. The van der Waals surface area contributed by atoms with Gasteiger partial charge in [0.2, 0.25) is 0 Å². The summed E-state index contributed by atoms with van der Waals surface area (Å²) in [6, 6.07) is 9.97. The third-order valence-electron chi connectivity index (χ3n) is 6.13. The van der Waals surface area contributed by atoms with Crippen LogP contribution >= 0.6 is 11.3 Å². The zero-order valence-corrected chi connectivity index (χ0v) is 19.1. The van der Waals surface area contributed by atoms with E-state index < -0.39 is 0 Å². The minimum Gasteiger partial charge on any atom is -0.346 e. The van der Waals surface area contributed by atoms with Crippen molar-refractivity contribution in [2.75, 3.05) is 13.1 Å². The van der Waals surface area contributed by atoms with Gasteiger partial charge in [0.15, 0.2) is 0 Å². The SMILES string of the molecule is Cc1ccc(-c2cc(C(=O)N3CC=C(c4c[nH]c5ncccc45)CC3)c3c(C)noc3n2)s1. The Labute approximate surface area is 193 Å². The molecule has 0 saturated heterocycles. The number of aromatic nitrogens is 4. The molecular weight excluding hydrogens is 434 g/mol. The summed E-state index contributed by atoms with van der Waals surface area (Å²) in [6.45, 7) is 5.08. The predicted molar refractivity (Wildman–Crippen MR) is 129 cm³/mol. The molecule has 7 nitrogen and oxygen atoms in total. The Morgan fingerprint density at radius 3 is 2.94 bits per heavy atom. The maximum Gasteiger partial charge on any atom is 0.259 e. The number of carbonyl (C=O) groups excluding carboxylic acids is 1. The van der Waals surface area contributed by atoms with Gasteiger partial charge in [-0.15, -0.1) is 11.3 Å². The van der Waals surface area contributed by atoms with Gasteiger partial charge in [0.25, 0.3) is 11.6 Å². The monoisotopic (exact) mass is 455 g/mol. The molecule has 33 heavy (non-hydrogen) atoms. The van der Waals surface area contributed by atoms with Gasteiger partial charge in [0, 0.05) is 41.3 Å². The quantitative estimate of drug-likeness (QED) is 0.395. The Morgan fingerprint density at radius 2 is 2.15 bits per heavy atom. The minimum atomic E-state index is -0.0286. The van der Waals surface area contributed by atoms with E-state index in [1.807, 2.05) is 36.2 Å². The number of pyridine rings is 2. The highest BCUT2D eigenvalue weighted by Crippen LogP contribution is 2.33. The molecule has 1 aliphatic rings. The highest BCUT2D eigenvalue weighted by atomic mass is 32.1. The third kappa shape index (κ3) is 3.34. The van der Waals surface area contributed by atoms with E-state index in [9.17, 15) is 4.79 Å². The summed E-state index contributed by atoms with van der Waals surface area (Å²) in [6.07, 6.45) is 6.70. The first-order valence-electron chi connectivity index (χ1n) is 10.8. The number of hydrogen-bond acceptors (Lipinski definition) is 6.